The molecule has 0 aromatic carbocycles. The molecule has 14 heteroatoms. The Bertz CT molecular complexity index is 1840. The predicted octanol–water partition coefficient (Wildman–Crippen LogP) is 3.20. The van der Waals surface area contributed by atoms with Crippen LogP contribution in [-0.2, 0) is 19.5 Å². The highest BCUT2D eigenvalue weighted by Crippen LogP contribution is 2.40. The van der Waals surface area contributed by atoms with E-state index in [2.05, 4.69) is 43.1 Å². The van der Waals surface area contributed by atoms with Crippen molar-refractivity contribution in [2.45, 2.75) is 38.3 Å². The standard InChI is InChI=1S/C25H20ClFN10O2/c26-19-3-4-21-30-17(11-37(21)23(19)27)7-28-25(38)20-12-36(34-32-20)10-18-9-35-8-16(14-1-2-14)5-15(24(35)31-18)6-22-33-29-13-39-22/h3-5,8-9,11-14H,1-2,6-7,10H2,(H,28,38). The smallest absolute Gasteiger partial charge is 0.273 e. The van der Waals surface area contributed by atoms with Crippen molar-refractivity contribution in [3.63, 3.8) is 0 Å². The normalized spacial score (nSPS) is 13.5. The molecule has 0 unspecified atom stereocenters. The maximum atomic E-state index is 14.2. The second kappa shape index (κ2) is 9.27. The van der Waals surface area contributed by atoms with Gasteiger partial charge in [-0.2, -0.15) is 4.39 Å². The minimum atomic E-state index is -0.611. The molecule has 6 aromatic heterocycles. The van der Waals surface area contributed by atoms with Gasteiger partial charge in [0.05, 0.1) is 42.1 Å². The highest BCUT2D eigenvalue weighted by molar-refractivity contribution is 6.30. The topological polar surface area (TPSA) is 133 Å². The molecule has 12 nitrogen and oxygen atoms in total. The van der Waals surface area contributed by atoms with Crippen LogP contribution in [0.15, 0.2) is 53.8 Å². The first-order valence-corrected chi connectivity index (χ1v) is 12.6. The summed E-state index contributed by atoms with van der Waals surface area (Å²) < 4.78 is 24.3. The van der Waals surface area contributed by atoms with Crippen molar-refractivity contribution in [2.75, 3.05) is 0 Å². The van der Waals surface area contributed by atoms with Gasteiger partial charge in [-0.3, -0.25) is 9.20 Å². The third kappa shape index (κ3) is 4.61. The van der Waals surface area contributed by atoms with E-state index >= 15 is 0 Å². The first-order valence-electron chi connectivity index (χ1n) is 12.3. The van der Waals surface area contributed by atoms with E-state index in [-0.39, 0.29) is 17.3 Å². The summed E-state index contributed by atoms with van der Waals surface area (Å²) in [5.74, 6) is 0.0525. The van der Waals surface area contributed by atoms with Crippen molar-refractivity contribution < 1.29 is 13.6 Å². The number of halogens is 2. The van der Waals surface area contributed by atoms with Gasteiger partial charge >= 0.3 is 0 Å². The Hall–Kier alpha value is -4.65. The highest BCUT2D eigenvalue weighted by atomic mass is 35.5. The molecule has 0 aliphatic heterocycles. The number of rotatable bonds is 8. The SMILES string of the molecule is O=C(NCc1cn2c(F)c(Cl)ccc2n1)c1cn(Cc2cn3cc(C4CC4)cc(Cc4nnco4)c3n2)nn1. The molecule has 0 spiro atoms. The zero-order valence-corrected chi connectivity index (χ0v) is 21.1. The largest absolute Gasteiger partial charge is 0.428 e. The van der Waals surface area contributed by atoms with E-state index in [1.807, 2.05) is 10.6 Å². The van der Waals surface area contributed by atoms with Crippen LogP contribution in [0.2, 0.25) is 5.02 Å². The zero-order chi connectivity index (χ0) is 26.5. The quantitative estimate of drug-likeness (QED) is 0.288. The molecular formula is C25H20ClFN10O2. The van der Waals surface area contributed by atoms with E-state index < -0.39 is 11.9 Å². The lowest BCUT2D eigenvalue weighted by molar-refractivity contribution is 0.0945. The summed E-state index contributed by atoms with van der Waals surface area (Å²) in [4.78, 5) is 21.8. The number of imidazole rings is 2. The second-order valence-electron chi connectivity index (χ2n) is 9.46. The second-order valence-corrected chi connectivity index (χ2v) is 9.87. The first-order chi connectivity index (χ1) is 19.0. The van der Waals surface area contributed by atoms with Gasteiger partial charge in [-0.25, -0.2) is 14.6 Å². The van der Waals surface area contributed by atoms with E-state index in [4.69, 9.17) is 21.0 Å². The Balaban J connectivity index is 1.06. The van der Waals surface area contributed by atoms with Crippen molar-refractivity contribution in [2.24, 2.45) is 0 Å². The van der Waals surface area contributed by atoms with E-state index in [0.29, 0.717) is 36.1 Å². The lowest BCUT2D eigenvalue weighted by atomic mass is 10.1. The number of carbonyl (C=O) groups excluding carboxylic acids is 1. The zero-order valence-electron chi connectivity index (χ0n) is 20.3. The van der Waals surface area contributed by atoms with Crippen LogP contribution in [0, 0.1) is 5.95 Å². The van der Waals surface area contributed by atoms with Crippen LogP contribution in [0.1, 0.15) is 57.7 Å². The van der Waals surface area contributed by atoms with E-state index in [9.17, 15) is 9.18 Å². The Morgan fingerprint density at radius 2 is 2.03 bits per heavy atom. The van der Waals surface area contributed by atoms with Crippen molar-refractivity contribution in [3.05, 3.63) is 94.4 Å². The number of fused-ring (bicyclic) bond motifs is 2. The fourth-order valence-corrected chi connectivity index (χ4v) is 4.72. The number of nitrogens with zero attached hydrogens (tertiary/aromatic N) is 9. The van der Waals surface area contributed by atoms with Gasteiger partial charge in [0.15, 0.2) is 5.69 Å². The molecule has 1 saturated carbocycles. The molecule has 0 bridgehead atoms. The van der Waals surface area contributed by atoms with Gasteiger partial charge in [-0.05, 0) is 42.5 Å². The number of pyridine rings is 2. The summed E-state index contributed by atoms with van der Waals surface area (Å²) in [6.07, 6.45) is 11.3. The number of nitrogens with one attached hydrogen (secondary N) is 1. The van der Waals surface area contributed by atoms with Gasteiger partial charge in [0.1, 0.15) is 11.3 Å². The van der Waals surface area contributed by atoms with E-state index in [0.717, 1.165) is 16.9 Å². The lowest BCUT2D eigenvalue weighted by Crippen LogP contribution is -2.23. The van der Waals surface area contributed by atoms with Gasteiger partial charge in [0.25, 0.3) is 5.91 Å². The van der Waals surface area contributed by atoms with Crippen molar-refractivity contribution in [1.29, 1.82) is 0 Å². The predicted molar refractivity (Wildman–Crippen MR) is 135 cm³/mol. The molecule has 0 atom stereocenters. The summed E-state index contributed by atoms with van der Waals surface area (Å²) in [6.45, 7) is 0.413. The fraction of sp³-hybridized carbons (Fsp3) is 0.240. The Morgan fingerprint density at radius 1 is 1.13 bits per heavy atom. The maximum Gasteiger partial charge on any atom is 0.273 e. The third-order valence-electron chi connectivity index (χ3n) is 6.59. The number of carbonyl (C=O) groups is 1. The summed E-state index contributed by atoms with van der Waals surface area (Å²) in [7, 11) is 0. The van der Waals surface area contributed by atoms with Gasteiger partial charge in [-0.15, -0.1) is 15.3 Å². The van der Waals surface area contributed by atoms with E-state index in [1.54, 1.807) is 16.9 Å². The van der Waals surface area contributed by atoms with Gasteiger partial charge in [0.2, 0.25) is 18.2 Å². The molecule has 1 aliphatic rings. The Morgan fingerprint density at radius 3 is 2.85 bits per heavy atom. The monoisotopic (exact) mass is 546 g/mol. The van der Waals surface area contributed by atoms with Crippen LogP contribution in [0.5, 0.6) is 0 Å². The minimum Gasteiger partial charge on any atom is -0.428 e. The number of hydrogen-bond donors (Lipinski definition) is 1. The molecule has 1 amide bonds. The van der Waals surface area contributed by atoms with Gasteiger partial charge in [-0.1, -0.05) is 16.8 Å². The van der Waals surface area contributed by atoms with Crippen molar-refractivity contribution in [1.82, 2.24) is 49.3 Å². The van der Waals surface area contributed by atoms with Crippen molar-refractivity contribution in [3.8, 4) is 0 Å². The van der Waals surface area contributed by atoms with Gasteiger partial charge in [0, 0.05) is 24.2 Å². The van der Waals surface area contributed by atoms with Crippen LogP contribution in [-0.4, -0.2) is 49.9 Å². The average Bonchev–Trinajstić information content (AvgIpc) is 3.31. The van der Waals surface area contributed by atoms with Crippen molar-refractivity contribution >= 4 is 28.8 Å². The first kappa shape index (κ1) is 23.5. The van der Waals surface area contributed by atoms with Crippen LogP contribution in [0.4, 0.5) is 4.39 Å². The molecule has 1 fully saturated rings. The highest BCUT2D eigenvalue weighted by Gasteiger charge is 2.25. The summed E-state index contributed by atoms with van der Waals surface area (Å²) in [6, 6.07) is 5.20. The fourth-order valence-electron chi connectivity index (χ4n) is 4.57. The molecule has 0 radical (unpaired) electrons. The molecule has 39 heavy (non-hydrogen) atoms. The van der Waals surface area contributed by atoms with Crippen LogP contribution in [0.25, 0.3) is 11.3 Å². The number of aromatic nitrogens is 9. The maximum absolute atomic E-state index is 14.2. The number of hydrogen-bond acceptors (Lipinski definition) is 8. The average molecular weight is 547 g/mol. The Kier molecular flexibility index (Phi) is 5.58. The Labute approximate surface area is 224 Å². The molecule has 6 aromatic rings. The minimum absolute atomic E-state index is 0.0101. The molecule has 1 aliphatic carbocycles. The van der Waals surface area contributed by atoms with E-state index in [1.165, 1.54) is 41.5 Å². The molecule has 0 saturated heterocycles. The third-order valence-corrected chi connectivity index (χ3v) is 6.87. The molecule has 6 heterocycles. The van der Waals surface area contributed by atoms with Crippen LogP contribution in [0.3, 0.4) is 0 Å². The summed E-state index contributed by atoms with van der Waals surface area (Å²) >= 11 is 5.82. The lowest BCUT2D eigenvalue weighted by Gasteiger charge is -2.05. The molecule has 1 N–H and O–H groups in total. The van der Waals surface area contributed by atoms with Gasteiger partial charge < -0.3 is 14.1 Å². The molecule has 7 rings (SSSR count). The summed E-state index contributed by atoms with van der Waals surface area (Å²) in [5, 5.41) is 18.6. The number of amides is 1. The molecule has 196 valence electrons. The summed E-state index contributed by atoms with van der Waals surface area (Å²) in [5.41, 5.74) is 4.84. The van der Waals surface area contributed by atoms with Crippen LogP contribution >= 0.6 is 11.6 Å². The van der Waals surface area contributed by atoms with Crippen LogP contribution < -0.4 is 5.32 Å². The molecular weight excluding hydrogens is 527 g/mol.